The number of allylic oxidation sites excluding steroid dienone is 2. The van der Waals surface area contributed by atoms with Crippen LogP contribution in [0.3, 0.4) is 0 Å². The molecule has 1 aromatic heterocycles. The fourth-order valence-corrected chi connectivity index (χ4v) is 6.22. The molecule has 0 aliphatic carbocycles. The lowest BCUT2D eigenvalue weighted by Gasteiger charge is -2.37. The van der Waals surface area contributed by atoms with E-state index in [1.807, 2.05) is 19.1 Å². The first-order chi connectivity index (χ1) is 19.9. The zero-order valence-corrected chi connectivity index (χ0v) is 24.8. The number of dihydropyridines is 1. The van der Waals surface area contributed by atoms with E-state index in [-0.39, 0.29) is 12.5 Å². The van der Waals surface area contributed by atoms with E-state index < -0.39 is 6.23 Å². The smallest absolute Gasteiger partial charge is 0.252 e. The van der Waals surface area contributed by atoms with Gasteiger partial charge in [-0.3, -0.25) is 9.69 Å². The quantitative estimate of drug-likeness (QED) is 0.398. The van der Waals surface area contributed by atoms with Crippen molar-refractivity contribution in [3.63, 3.8) is 0 Å². The van der Waals surface area contributed by atoms with Crippen molar-refractivity contribution in [2.45, 2.75) is 58.8 Å². The number of amides is 1. The summed E-state index contributed by atoms with van der Waals surface area (Å²) in [6.07, 6.45) is 3.47. The summed E-state index contributed by atoms with van der Waals surface area (Å²) in [6.45, 7) is 12.4. The van der Waals surface area contributed by atoms with Crippen molar-refractivity contribution in [2.24, 2.45) is 0 Å². The van der Waals surface area contributed by atoms with Crippen LogP contribution in [0.2, 0.25) is 0 Å². The first-order valence-electron chi connectivity index (χ1n) is 14.8. The number of fused-ring (bicyclic) bond motifs is 1. The van der Waals surface area contributed by atoms with E-state index in [0.29, 0.717) is 54.7 Å². The number of aliphatic hydroxyl groups is 1. The Labute approximate surface area is 242 Å². The molecule has 3 N–H and O–H groups in total. The second-order valence-electron chi connectivity index (χ2n) is 10.9. The van der Waals surface area contributed by atoms with Crippen LogP contribution in [0.1, 0.15) is 55.3 Å². The molecule has 1 atom stereocenters. The number of rotatable bonds is 10. The second kappa shape index (κ2) is 13.3. The highest BCUT2D eigenvalue weighted by Crippen LogP contribution is 2.37. The molecule has 41 heavy (non-hydrogen) atoms. The molecule has 224 valence electrons. The van der Waals surface area contributed by atoms with E-state index in [0.717, 1.165) is 73.8 Å². The number of methoxy groups -OCH3 is 1. The number of aliphatic hydroxyl groups excluding tert-OH is 1. The Hall–Kier alpha value is -3.05. The number of carbonyl (C=O) groups is 1. The molecule has 1 unspecified atom stereocenters. The lowest BCUT2D eigenvalue weighted by Crippen LogP contribution is -2.41. The topological polar surface area (TPSA) is 109 Å². The van der Waals surface area contributed by atoms with Gasteiger partial charge in [0.1, 0.15) is 17.1 Å². The maximum absolute atomic E-state index is 14.1. The molecule has 3 aliphatic rings. The Morgan fingerprint density at radius 1 is 1.17 bits per heavy atom. The predicted molar refractivity (Wildman–Crippen MR) is 158 cm³/mol. The zero-order valence-electron chi connectivity index (χ0n) is 24.8. The fraction of sp³-hybridized carbons (Fsp3) is 0.581. The molecule has 2 fully saturated rings. The molecule has 10 nitrogen and oxygen atoms in total. The number of anilines is 1. The summed E-state index contributed by atoms with van der Waals surface area (Å²) >= 11 is 0. The van der Waals surface area contributed by atoms with Crippen molar-refractivity contribution in [1.29, 1.82) is 0 Å². The van der Waals surface area contributed by atoms with Crippen LogP contribution in [-0.2, 0) is 27.2 Å². The molecule has 3 aliphatic heterocycles. The molecule has 0 bridgehead atoms. The van der Waals surface area contributed by atoms with E-state index in [1.54, 1.807) is 7.11 Å². The summed E-state index contributed by atoms with van der Waals surface area (Å²) in [6, 6.07) is 4.49. The lowest BCUT2D eigenvalue weighted by molar-refractivity contribution is 0.0315. The van der Waals surface area contributed by atoms with Crippen molar-refractivity contribution in [1.82, 2.24) is 15.5 Å². The number of carbonyl (C=O) groups excluding carboxylic acids is 1. The molecule has 0 spiro atoms. The van der Waals surface area contributed by atoms with Gasteiger partial charge in [-0.15, -0.1) is 0 Å². The molecule has 4 heterocycles. The summed E-state index contributed by atoms with van der Waals surface area (Å²) in [5.41, 5.74) is 4.76. The SMILES string of the molecule is CCc1c(N(CC)C2CCOCC2)cc2oc(CN3CCOCC3)cc2c1C(=O)NCC1=C(OC)C=C(C)NC1O. The van der Waals surface area contributed by atoms with Gasteiger partial charge in [-0.1, -0.05) is 6.92 Å². The molecule has 2 saturated heterocycles. The van der Waals surface area contributed by atoms with Crippen molar-refractivity contribution >= 4 is 22.6 Å². The van der Waals surface area contributed by atoms with Gasteiger partial charge in [0.25, 0.3) is 5.91 Å². The third kappa shape index (κ3) is 6.40. The third-order valence-electron chi connectivity index (χ3n) is 8.32. The highest BCUT2D eigenvalue weighted by Gasteiger charge is 2.29. The van der Waals surface area contributed by atoms with Crippen LogP contribution in [0.4, 0.5) is 5.69 Å². The van der Waals surface area contributed by atoms with Crippen molar-refractivity contribution < 1.29 is 28.5 Å². The first-order valence-corrected chi connectivity index (χ1v) is 14.8. The Morgan fingerprint density at radius 2 is 1.90 bits per heavy atom. The highest BCUT2D eigenvalue weighted by atomic mass is 16.5. The van der Waals surface area contributed by atoms with Gasteiger partial charge in [0.05, 0.1) is 32.4 Å². The summed E-state index contributed by atoms with van der Waals surface area (Å²) < 4.78 is 23.1. The summed E-state index contributed by atoms with van der Waals surface area (Å²) in [5.74, 6) is 1.19. The van der Waals surface area contributed by atoms with Crippen LogP contribution >= 0.6 is 0 Å². The van der Waals surface area contributed by atoms with E-state index in [1.165, 1.54) is 0 Å². The maximum atomic E-state index is 14.1. The molecule has 10 heteroatoms. The summed E-state index contributed by atoms with van der Waals surface area (Å²) in [5, 5.41) is 17.6. The van der Waals surface area contributed by atoms with E-state index >= 15 is 0 Å². The fourth-order valence-electron chi connectivity index (χ4n) is 6.22. The number of ether oxygens (including phenoxy) is 3. The predicted octanol–water partition coefficient (Wildman–Crippen LogP) is 3.29. The second-order valence-corrected chi connectivity index (χ2v) is 10.9. The molecule has 2 aromatic rings. The van der Waals surface area contributed by atoms with Gasteiger partial charge >= 0.3 is 0 Å². The Bertz CT molecular complexity index is 1290. The lowest BCUT2D eigenvalue weighted by atomic mass is 9.95. The number of nitrogens with zero attached hydrogens (tertiary/aromatic N) is 2. The minimum absolute atomic E-state index is 0.144. The molecule has 1 amide bonds. The Kier molecular flexibility index (Phi) is 9.54. The minimum Gasteiger partial charge on any atom is -0.496 e. The molecular weight excluding hydrogens is 524 g/mol. The average molecular weight is 569 g/mol. The normalized spacial score (nSPS) is 20.6. The molecule has 0 radical (unpaired) electrons. The maximum Gasteiger partial charge on any atom is 0.252 e. The van der Waals surface area contributed by atoms with Gasteiger partial charge in [0.15, 0.2) is 6.23 Å². The highest BCUT2D eigenvalue weighted by molar-refractivity contribution is 6.09. The molecule has 5 rings (SSSR count). The monoisotopic (exact) mass is 568 g/mol. The van der Waals surface area contributed by atoms with Crippen LogP contribution in [0, 0.1) is 0 Å². The van der Waals surface area contributed by atoms with Crippen LogP contribution in [0.15, 0.2) is 39.7 Å². The van der Waals surface area contributed by atoms with Gasteiger partial charge in [-0.05, 0) is 50.8 Å². The zero-order chi connectivity index (χ0) is 28.9. The van der Waals surface area contributed by atoms with E-state index in [9.17, 15) is 9.90 Å². The standard InChI is InChI=1S/C31H44N4O6/c1-5-23-26(35(6-2)21-7-11-39-12-8-21)17-28-24(16-22(41-28)19-34-9-13-40-14-10-34)29(23)31(37)32-18-25-27(38-4)15-20(3)33-30(25)36/h15-17,21,30,33,36H,5-14,18-19H2,1-4H3,(H,32,37). The van der Waals surface area contributed by atoms with E-state index in [2.05, 4.69) is 40.3 Å². The average Bonchev–Trinajstić information content (AvgIpc) is 3.38. The van der Waals surface area contributed by atoms with E-state index in [4.69, 9.17) is 18.6 Å². The number of benzene rings is 1. The van der Waals surface area contributed by atoms with Gasteiger partial charge < -0.3 is 39.3 Å². The van der Waals surface area contributed by atoms with Crippen LogP contribution < -0.4 is 15.5 Å². The number of morpholine rings is 1. The van der Waals surface area contributed by atoms with Gasteiger partial charge in [-0.2, -0.15) is 0 Å². The molecular formula is C31H44N4O6. The van der Waals surface area contributed by atoms with Crippen LogP contribution in [0.5, 0.6) is 0 Å². The first kappa shape index (κ1) is 29.4. The Balaban J connectivity index is 1.54. The number of hydrogen-bond donors (Lipinski definition) is 3. The summed E-state index contributed by atoms with van der Waals surface area (Å²) in [7, 11) is 1.57. The Morgan fingerprint density at radius 3 is 2.59 bits per heavy atom. The van der Waals surface area contributed by atoms with Crippen LogP contribution in [0.25, 0.3) is 11.0 Å². The van der Waals surface area contributed by atoms with Crippen LogP contribution in [-0.4, -0.2) is 87.9 Å². The van der Waals surface area contributed by atoms with Gasteiger partial charge in [-0.25, -0.2) is 0 Å². The van der Waals surface area contributed by atoms with Crippen molar-refractivity contribution in [3.05, 3.63) is 52.1 Å². The molecule has 1 aromatic carbocycles. The van der Waals surface area contributed by atoms with Crippen molar-refractivity contribution in [3.8, 4) is 0 Å². The minimum atomic E-state index is -0.939. The largest absolute Gasteiger partial charge is 0.496 e. The van der Waals surface area contributed by atoms with Crippen molar-refractivity contribution in [2.75, 3.05) is 64.6 Å². The summed E-state index contributed by atoms with van der Waals surface area (Å²) in [4.78, 5) is 18.8. The van der Waals surface area contributed by atoms with Gasteiger partial charge in [0, 0.05) is 73.8 Å². The number of hydrogen-bond acceptors (Lipinski definition) is 9. The number of nitrogens with one attached hydrogen (secondary N) is 2. The number of furan rings is 1. The van der Waals surface area contributed by atoms with Gasteiger partial charge in [0.2, 0.25) is 0 Å². The molecule has 0 saturated carbocycles. The third-order valence-corrected chi connectivity index (χ3v) is 8.32.